The van der Waals surface area contributed by atoms with Gasteiger partial charge in [0, 0.05) is 6.20 Å². The molecule has 0 amide bonds. The summed E-state index contributed by atoms with van der Waals surface area (Å²) in [6.07, 6.45) is 1.56. The molecular weight excluding hydrogens is 253 g/mol. The average molecular weight is 260 g/mol. The number of halogens is 1. The maximum Gasteiger partial charge on any atom is 0.233 e. The summed E-state index contributed by atoms with van der Waals surface area (Å²) in [6, 6.07) is 11.2. The lowest BCUT2D eigenvalue weighted by Gasteiger charge is -2.06. The van der Waals surface area contributed by atoms with Gasteiger partial charge in [-0.2, -0.15) is 0 Å². The summed E-state index contributed by atoms with van der Waals surface area (Å²) in [5.41, 5.74) is 0.599. The molecule has 0 bridgehead atoms. The molecule has 2 radical (unpaired) electrons. The summed E-state index contributed by atoms with van der Waals surface area (Å²) in [5.74, 6) is 1.26. The number of hydrogen-bond donors (Lipinski definition) is 0. The molecule has 0 atom stereocenters. The summed E-state index contributed by atoms with van der Waals surface area (Å²) < 4.78 is 6.29. The van der Waals surface area contributed by atoms with E-state index in [4.69, 9.17) is 12.6 Å². The van der Waals surface area contributed by atoms with E-state index in [2.05, 4.69) is 20.9 Å². The van der Waals surface area contributed by atoms with E-state index in [0.29, 0.717) is 11.3 Å². The van der Waals surface area contributed by atoms with Gasteiger partial charge in [0.15, 0.2) is 0 Å². The Morgan fingerprint density at radius 3 is 2.60 bits per heavy atom. The molecule has 0 aliphatic carbocycles. The first-order chi connectivity index (χ1) is 7.25. The molecule has 1 heterocycles. The van der Waals surface area contributed by atoms with Crippen LogP contribution in [0.25, 0.3) is 0 Å². The molecule has 0 spiro atoms. The number of nitrogens with zero attached hydrogens (tertiary/aromatic N) is 1. The van der Waals surface area contributed by atoms with Crippen molar-refractivity contribution in [2.45, 2.75) is 0 Å². The summed E-state index contributed by atoms with van der Waals surface area (Å²) >= 11 is 3.34. The van der Waals surface area contributed by atoms with Crippen molar-refractivity contribution in [1.82, 2.24) is 4.98 Å². The maximum atomic E-state index is 5.57. The average Bonchev–Trinajstić information content (AvgIpc) is 2.24. The third-order valence-electron chi connectivity index (χ3n) is 1.79. The first-order valence-electron chi connectivity index (χ1n) is 4.39. The van der Waals surface area contributed by atoms with E-state index in [0.717, 1.165) is 10.2 Å². The van der Waals surface area contributed by atoms with Gasteiger partial charge in [-0.3, -0.25) is 0 Å². The number of aromatic nitrogens is 1. The van der Waals surface area contributed by atoms with Crippen LogP contribution in [0.5, 0.6) is 11.6 Å². The molecule has 2 aromatic rings. The second-order valence-electron chi connectivity index (χ2n) is 2.97. The van der Waals surface area contributed by atoms with Gasteiger partial charge < -0.3 is 4.74 Å². The van der Waals surface area contributed by atoms with E-state index in [-0.39, 0.29) is 0 Å². The van der Waals surface area contributed by atoms with Crippen LogP contribution in [0.3, 0.4) is 0 Å². The molecule has 2 nitrogen and oxygen atoms in total. The van der Waals surface area contributed by atoms with Crippen LogP contribution in [0.1, 0.15) is 0 Å². The van der Waals surface area contributed by atoms with Gasteiger partial charge in [0.2, 0.25) is 5.88 Å². The predicted octanol–water partition coefficient (Wildman–Crippen LogP) is 2.43. The van der Waals surface area contributed by atoms with E-state index >= 15 is 0 Å². The Morgan fingerprint density at radius 2 is 1.93 bits per heavy atom. The SMILES string of the molecule is [B]c1cnc(Oc2ccccc2)c(Br)c1. The minimum absolute atomic E-state index is 0.510. The predicted molar refractivity (Wildman–Crippen MR) is 63.8 cm³/mol. The first-order valence-corrected chi connectivity index (χ1v) is 5.19. The van der Waals surface area contributed by atoms with Crippen molar-refractivity contribution in [2.24, 2.45) is 0 Å². The Labute approximate surface area is 97.8 Å². The van der Waals surface area contributed by atoms with Crippen LogP contribution in [0.15, 0.2) is 47.1 Å². The topological polar surface area (TPSA) is 22.1 Å². The molecule has 0 fully saturated rings. The standard InChI is InChI=1S/C11H7BBrNO/c12-8-6-10(13)11(14-7-8)15-9-4-2-1-3-5-9/h1-7H. The highest BCUT2D eigenvalue weighted by Gasteiger charge is 2.03. The van der Waals surface area contributed by atoms with Gasteiger partial charge in [-0.15, -0.1) is 0 Å². The largest absolute Gasteiger partial charge is 0.438 e. The summed E-state index contributed by atoms with van der Waals surface area (Å²) in [4.78, 5) is 4.08. The quantitative estimate of drug-likeness (QED) is 0.773. The number of ether oxygens (including phenoxy) is 1. The zero-order valence-electron chi connectivity index (χ0n) is 7.85. The monoisotopic (exact) mass is 259 g/mol. The van der Waals surface area contributed by atoms with Crippen LogP contribution >= 0.6 is 15.9 Å². The molecule has 15 heavy (non-hydrogen) atoms. The van der Waals surface area contributed by atoms with E-state index in [9.17, 15) is 0 Å². The van der Waals surface area contributed by atoms with Crippen molar-refractivity contribution in [3.8, 4) is 11.6 Å². The highest BCUT2D eigenvalue weighted by atomic mass is 79.9. The molecule has 0 saturated heterocycles. The fourth-order valence-corrected chi connectivity index (χ4v) is 1.56. The van der Waals surface area contributed by atoms with Crippen molar-refractivity contribution >= 4 is 29.2 Å². The molecule has 0 aliphatic heterocycles. The van der Waals surface area contributed by atoms with Crippen LogP contribution in [0, 0.1) is 0 Å². The van der Waals surface area contributed by atoms with Crippen molar-refractivity contribution in [1.29, 1.82) is 0 Å². The first kappa shape index (κ1) is 10.2. The molecule has 0 unspecified atom stereocenters. The third-order valence-corrected chi connectivity index (χ3v) is 2.35. The number of benzene rings is 1. The normalized spacial score (nSPS) is 9.93. The van der Waals surface area contributed by atoms with Gasteiger partial charge in [0.25, 0.3) is 0 Å². The highest BCUT2D eigenvalue weighted by molar-refractivity contribution is 9.10. The smallest absolute Gasteiger partial charge is 0.233 e. The number of hydrogen-bond acceptors (Lipinski definition) is 2. The van der Waals surface area contributed by atoms with Crippen LogP contribution in [-0.4, -0.2) is 12.8 Å². The summed E-state index contributed by atoms with van der Waals surface area (Å²) in [5, 5.41) is 0. The summed E-state index contributed by atoms with van der Waals surface area (Å²) in [6.45, 7) is 0. The zero-order valence-corrected chi connectivity index (χ0v) is 9.44. The number of para-hydroxylation sites is 1. The molecule has 0 aliphatic rings. The van der Waals surface area contributed by atoms with Gasteiger partial charge in [0.1, 0.15) is 13.6 Å². The van der Waals surface area contributed by atoms with Crippen LogP contribution < -0.4 is 10.2 Å². The van der Waals surface area contributed by atoms with Crippen molar-refractivity contribution in [3.05, 3.63) is 47.1 Å². The van der Waals surface area contributed by atoms with Crippen molar-refractivity contribution in [2.75, 3.05) is 0 Å². The van der Waals surface area contributed by atoms with E-state index in [1.165, 1.54) is 0 Å². The maximum absolute atomic E-state index is 5.57. The molecule has 72 valence electrons. The van der Waals surface area contributed by atoms with Gasteiger partial charge in [-0.25, -0.2) is 4.98 Å². The molecule has 0 saturated carbocycles. The lowest BCUT2D eigenvalue weighted by atomic mass is 9.99. The lowest BCUT2D eigenvalue weighted by molar-refractivity contribution is 0.460. The Bertz CT molecular complexity index is 461. The minimum atomic E-state index is 0.510. The van der Waals surface area contributed by atoms with Gasteiger partial charge in [-0.1, -0.05) is 23.7 Å². The molecule has 4 heteroatoms. The molecular formula is C11H7BBrNO. The highest BCUT2D eigenvalue weighted by Crippen LogP contribution is 2.25. The fourth-order valence-electron chi connectivity index (χ4n) is 1.12. The number of pyridine rings is 1. The molecule has 0 N–H and O–H groups in total. The molecule has 2 rings (SSSR count). The molecule has 1 aromatic carbocycles. The van der Waals surface area contributed by atoms with Gasteiger partial charge in [-0.05, 0) is 34.1 Å². The lowest BCUT2D eigenvalue weighted by Crippen LogP contribution is -2.03. The molecule has 1 aromatic heterocycles. The van der Waals surface area contributed by atoms with E-state index < -0.39 is 0 Å². The fraction of sp³-hybridized carbons (Fsp3) is 0. The third kappa shape index (κ3) is 2.60. The van der Waals surface area contributed by atoms with Crippen LogP contribution in [0.2, 0.25) is 0 Å². The van der Waals surface area contributed by atoms with Crippen LogP contribution in [-0.2, 0) is 0 Å². The minimum Gasteiger partial charge on any atom is -0.438 e. The van der Waals surface area contributed by atoms with E-state index in [1.807, 2.05) is 30.3 Å². The Morgan fingerprint density at radius 1 is 1.20 bits per heavy atom. The summed E-state index contributed by atoms with van der Waals surface area (Å²) in [7, 11) is 5.57. The van der Waals surface area contributed by atoms with Crippen molar-refractivity contribution < 1.29 is 4.74 Å². The van der Waals surface area contributed by atoms with Gasteiger partial charge >= 0.3 is 0 Å². The number of rotatable bonds is 2. The second-order valence-corrected chi connectivity index (χ2v) is 3.83. The Balaban J connectivity index is 2.25. The Hall–Kier alpha value is -1.29. The Kier molecular flexibility index (Phi) is 3.06. The van der Waals surface area contributed by atoms with Gasteiger partial charge in [0.05, 0.1) is 4.47 Å². The van der Waals surface area contributed by atoms with Crippen LogP contribution in [0.4, 0.5) is 0 Å². The van der Waals surface area contributed by atoms with Crippen molar-refractivity contribution in [3.63, 3.8) is 0 Å². The zero-order chi connectivity index (χ0) is 10.7. The second kappa shape index (κ2) is 4.49. The van der Waals surface area contributed by atoms with E-state index in [1.54, 1.807) is 12.3 Å².